The molecule has 1 aromatic carbocycles. The van der Waals surface area contributed by atoms with Gasteiger partial charge in [-0.05, 0) is 31.0 Å². The Morgan fingerprint density at radius 2 is 2.11 bits per heavy atom. The number of nitrogens with zero attached hydrogens (tertiary/aromatic N) is 1. The van der Waals surface area contributed by atoms with Crippen molar-refractivity contribution in [3.05, 3.63) is 23.8 Å². The van der Waals surface area contributed by atoms with Crippen molar-refractivity contribution < 1.29 is 14.3 Å². The maximum Gasteiger partial charge on any atom is 0.231 e. The maximum absolute atomic E-state index is 11.6. The van der Waals surface area contributed by atoms with Crippen molar-refractivity contribution in [2.75, 3.05) is 13.8 Å². The van der Waals surface area contributed by atoms with E-state index >= 15 is 0 Å². The molecule has 0 bridgehead atoms. The van der Waals surface area contributed by atoms with Crippen LogP contribution in [0.5, 0.6) is 11.5 Å². The lowest BCUT2D eigenvalue weighted by Gasteiger charge is -2.24. The van der Waals surface area contributed by atoms with Gasteiger partial charge in [-0.1, -0.05) is 13.0 Å². The fourth-order valence-corrected chi connectivity index (χ4v) is 2.04. The Morgan fingerprint density at radius 3 is 2.83 bits per heavy atom. The van der Waals surface area contributed by atoms with Gasteiger partial charge in [0.05, 0.1) is 0 Å². The number of carbonyl (C=O) groups is 1. The zero-order chi connectivity index (χ0) is 13.1. The molecule has 2 rings (SSSR count). The summed E-state index contributed by atoms with van der Waals surface area (Å²) >= 11 is 0. The summed E-state index contributed by atoms with van der Waals surface area (Å²) in [5, 5.41) is 0. The minimum absolute atomic E-state index is 0.170. The molecule has 18 heavy (non-hydrogen) atoms. The summed E-state index contributed by atoms with van der Waals surface area (Å²) in [6, 6.07) is 6.11. The highest BCUT2D eigenvalue weighted by Crippen LogP contribution is 2.32. The topological polar surface area (TPSA) is 38.8 Å². The van der Waals surface area contributed by atoms with Gasteiger partial charge < -0.3 is 14.4 Å². The van der Waals surface area contributed by atoms with Crippen molar-refractivity contribution in [2.24, 2.45) is 0 Å². The third-order valence-electron chi connectivity index (χ3n) is 3.33. The molecule has 0 fully saturated rings. The van der Waals surface area contributed by atoms with Crippen LogP contribution in [-0.2, 0) is 11.2 Å². The van der Waals surface area contributed by atoms with Gasteiger partial charge in [0.2, 0.25) is 12.7 Å². The Hall–Kier alpha value is -1.71. The summed E-state index contributed by atoms with van der Waals surface area (Å²) in [6.07, 6.45) is 1.36. The Kier molecular flexibility index (Phi) is 3.75. The fourth-order valence-electron chi connectivity index (χ4n) is 2.04. The van der Waals surface area contributed by atoms with Crippen molar-refractivity contribution in [3.8, 4) is 11.5 Å². The zero-order valence-electron chi connectivity index (χ0n) is 11.1. The minimum atomic E-state index is 0.170. The van der Waals surface area contributed by atoms with Crippen molar-refractivity contribution >= 4 is 5.91 Å². The maximum atomic E-state index is 11.6. The molecule has 0 saturated heterocycles. The SMILES string of the molecule is CCC(=O)N(C)[C@H](C)Cc1ccc2c(c1)OCO2. The van der Waals surface area contributed by atoms with Gasteiger partial charge >= 0.3 is 0 Å². The van der Waals surface area contributed by atoms with E-state index in [2.05, 4.69) is 6.92 Å². The summed E-state index contributed by atoms with van der Waals surface area (Å²) in [5.41, 5.74) is 1.16. The molecule has 1 amide bonds. The van der Waals surface area contributed by atoms with Crippen LogP contribution in [0.2, 0.25) is 0 Å². The molecule has 1 aliphatic heterocycles. The first-order valence-electron chi connectivity index (χ1n) is 6.26. The molecule has 0 aromatic heterocycles. The van der Waals surface area contributed by atoms with E-state index in [1.807, 2.05) is 32.2 Å². The van der Waals surface area contributed by atoms with Crippen LogP contribution < -0.4 is 9.47 Å². The van der Waals surface area contributed by atoms with Gasteiger partial charge in [0.1, 0.15) is 0 Å². The van der Waals surface area contributed by atoms with E-state index in [9.17, 15) is 4.79 Å². The molecule has 0 spiro atoms. The molecule has 0 saturated carbocycles. The first-order chi connectivity index (χ1) is 8.61. The standard InChI is InChI=1S/C14H19NO3/c1-4-14(16)15(3)10(2)7-11-5-6-12-13(8-11)18-9-17-12/h5-6,8,10H,4,7,9H2,1-3H3/t10-/m1/s1. The third kappa shape index (κ3) is 2.58. The van der Waals surface area contributed by atoms with Gasteiger partial charge in [-0.2, -0.15) is 0 Å². The summed E-state index contributed by atoms with van der Waals surface area (Å²) < 4.78 is 10.6. The first kappa shape index (κ1) is 12.7. The summed E-state index contributed by atoms with van der Waals surface area (Å²) in [5.74, 6) is 1.76. The van der Waals surface area contributed by atoms with E-state index in [-0.39, 0.29) is 11.9 Å². The molecule has 98 valence electrons. The second-order valence-corrected chi connectivity index (χ2v) is 4.60. The molecule has 0 unspecified atom stereocenters. The lowest BCUT2D eigenvalue weighted by Crippen LogP contribution is -2.35. The molecule has 4 nitrogen and oxygen atoms in total. The quantitative estimate of drug-likeness (QED) is 0.821. The van der Waals surface area contributed by atoms with E-state index in [4.69, 9.17) is 9.47 Å². The zero-order valence-corrected chi connectivity index (χ0v) is 11.1. The fraction of sp³-hybridized carbons (Fsp3) is 0.500. The van der Waals surface area contributed by atoms with Gasteiger partial charge in [-0.3, -0.25) is 4.79 Å². The van der Waals surface area contributed by atoms with Crippen LogP contribution in [0.1, 0.15) is 25.8 Å². The molecule has 1 aromatic rings. The molecule has 1 aliphatic rings. The van der Waals surface area contributed by atoms with Crippen LogP contribution in [-0.4, -0.2) is 30.7 Å². The molecular formula is C14H19NO3. The molecule has 1 heterocycles. The normalized spacial score (nSPS) is 14.4. The van der Waals surface area contributed by atoms with E-state index in [0.717, 1.165) is 23.5 Å². The average Bonchev–Trinajstić information content (AvgIpc) is 2.84. The second-order valence-electron chi connectivity index (χ2n) is 4.60. The number of hydrogen-bond donors (Lipinski definition) is 0. The van der Waals surface area contributed by atoms with Crippen molar-refractivity contribution in [3.63, 3.8) is 0 Å². The predicted octanol–water partition coefficient (Wildman–Crippen LogP) is 2.21. The van der Waals surface area contributed by atoms with E-state index in [1.165, 1.54) is 0 Å². The Labute approximate surface area is 107 Å². The lowest BCUT2D eigenvalue weighted by molar-refractivity contribution is -0.131. The number of ether oxygens (including phenoxy) is 2. The predicted molar refractivity (Wildman–Crippen MR) is 68.8 cm³/mol. The summed E-state index contributed by atoms with van der Waals surface area (Å²) in [4.78, 5) is 13.4. The Bertz CT molecular complexity index is 445. The number of fused-ring (bicyclic) bond motifs is 1. The van der Waals surface area contributed by atoms with E-state index in [1.54, 1.807) is 4.90 Å². The molecule has 0 radical (unpaired) electrons. The van der Waals surface area contributed by atoms with Gasteiger partial charge in [0.25, 0.3) is 0 Å². The van der Waals surface area contributed by atoms with Gasteiger partial charge in [0.15, 0.2) is 11.5 Å². The van der Waals surface area contributed by atoms with Crippen LogP contribution in [0.15, 0.2) is 18.2 Å². The van der Waals surface area contributed by atoms with Crippen molar-refractivity contribution in [1.29, 1.82) is 0 Å². The van der Waals surface area contributed by atoms with Crippen LogP contribution in [0, 0.1) is 0 Å². The smallest absolute Gasteiger partial charge is 0.231 e. The molecule has 1 atom stereocenters. The molecule has 0 aliphatic carbocycles. The molecular weight excluding hydrogens is 230 g/mol. The number of benzene rings is 1. The highest BCUT2D eigenvalue weighted by atomic mass is 16.7. The van der Waals surface area contributed by atoms with Crippen LogP contribution in [0.25, 0.3) is 0 Å². The van der Waals surface area contributed by atoms with Gasteiger partial charge in [-0.25, -0.2) is 0 Å². The van der Waals surface area contributed by atoms with Crippen LogP contribution in [0.3, 0.4) is 0 Å². The monoisotopic (exact) mass is 249 g/mol. The lowest BCUT2D eigenvalue weighted by atomic mass is 10.1. The molecule has 0 N–H and O–H groups in total. The van der Waals surface area contributed by atoms with E-state index in [0.29, 0.717) is 13.2 Å². The second kappa shape index (κ2) is 5.29. The number of rotatable bonds is 4. The third-order valence-corrected chi connectivity index (χ3v) is 3.33. The number of hydrogen-bond acceptors (Lipinski definition) is 3. The van der Waals surface area contributed by atoms with Gasteiger partial charge in [0, 0.05) is 19.5 Å². The first-order valence-corrected chi connectivity index (χ1v) is 6.26. The largest absolute Gasteiger partial charge is 0.454 e. The van der Waals surface area contributed by atoms with E-state index < -0.39 is 0 Å². The van der Waals surface area contributed by atoms with Gasteiger partial charge in [-0.15, -0.1) is 0 Å². The number of likely N-dealkylation sites (N-methyl/N-ethyl adjacent to an activating group) is 1. The Morgan fingerprint density at radius 1 is 1.39 bits per heavy atom. The highest BCUT2D eigenvalue weighted by Gasteiger charge is 2.17. The van der Waals surface area contributed by atoms with Crippen molar-refractivity contribution in [1.82, 2.24) is 4.90 Å². The highest BCUT2D eigenvalue weighted by molar-refractivity contribution is 5.75. The Balaban J connectivity index is 2.03. The average molecular weight is 249 g/mol. The molecule has 4 heteroatoms. The summed E-state index contributed by atoms with van der Waals surface area (Å²) in [6.45, 7) is 4.23. The minimum Gasteiger partial charge on any atom is -0.454 e. The van der Waals surface area contributed by atoms with Crippen LogP contribution >= 0.6 is 0 Å². The van der Waals surface area contributed by atoms with Crippen molar-refractivity contribution in [2.45, 2.75) is 32.7 Å². The number of amides is 1. The number of carbonyl (C=O) groups excluding carboxylic acids is 1. The van der Waals surface area contributed by atoms with Crippen LogP contribution in [0.4, 0.5) is 0 Å². The summed E-state index contributed by atoms with van der Waals surface area (Å²) in [7, 11) is 1.85.